The van der Waals surface area contributed by atoms with Gasteiger partial charge in [-0.2, -0.15) is 0 Å². The number of nitrogens with two attached hydrogens (primary N) is 1. The van der Waals surface area contributed by atoms with E-state index in [0.717, 1.165) is 9.90 Å². The summed E-state index contributed by atoms with van der Waals surface area (Å²) >= 11 is 2.72. The highest BCUT2D eigenvalue weighted by Crippen LogP contribution is 2.27. The van der Waals surface area contributed by atoms with Gasteiger partial charge < -0.3 is 10.8 Å². The van der Waals surface area contributed by atoms with Gasteiger partial charge in [-0.05, 0) is 11.6 Å². The lowest BCUT2D eigenvalue weighted by Crippen LogP contribution is -2.00. The number of thioether (sulfide) groups is 1. The third kappa shape index (κ3) is 2.95. The third-order valence-electron chi connectivity index (χ3n) is 2.02. The second-order valence-electron chi connectivity index (χ2n) is 3.16. The number of carboxylic acids is 1. The number of hydrogen-bond donors (Lipinski definition) is 2. The van der Waals surface area contributed by atoms with Crippen molar-refractivity contribution in [2.24, 2.45) is 0 Å². The maximum Gasteiger partial charge on any atom is 0.335 e. The second kappa shape index (κ2) is 5.15. The van der Waals surface area contributed by atoms with E-state index in [9.17, 15) is 4.79 Å². The van der Waals surface area contributed by atoms with E-state index in [1.807, 2.05) is 6.07 Å². The summed E-state index contributed by atoms with van der Waals surface area (Å²) in [4.78, 5) is 11.0. The minimum absolute atomic E-state index is 0.317. The quantitative estimate of drug-likeness (QED) is 0.825. The van der Waals surface area contributed by atoms with Crippen LogP contribution in [0.15, 0.2) is 28.6 Å². The molecule has 0 spiro atoms. The molecule has 7 heteroatoms. The predicted molar refractivity (Wildman–Crippen MR) is 67.3 cm³/mol. The number of anilines is 1. The van der Waals surface area contributed by atoms with Gasteiger partial charge in [-0.25, -0.2) is 4.79 Å². The number of nitrogens with zero attached hydrogens (tertiary/aromatic N) is 2. The van der Waals surface area contributed by atoms with E-state index in [0.29, 0.717) is 16.4 Å². The van der Waals surface area contributed by atoms with Gasteiger partial charge in [-0.15, -0.1) is 10.2 Å². The van der Waals surface area contributed by atoms with Crippen LogP contribution in [0, 0.1) is 0 Å². The van der Waals surface area contributed by atoms with E-state index in [4.69, 9.17) is 10.8 Å². The van der Waals surface area contributed by atoms with Crippen molar-refractivity contribution in [3.05, 3.63) is 35.4 Å². The lowest BCUT2D eigenvalue weighted by molar-refractivity contribution is 0.0696. The molecule has 0 radical (unpaired) electrons. The number of aromatic nitrogens is 2. The number of nitrogen functional groups attached to an aromatic ring is 1. The first-order valence-corrected chi connectivity index (χ1v) is 6.50. The van der Waals surface area contributed by atoms with Gasteiger partial charge in [-0.3, -0.25) is 0 Å². The summed E-state index contributed by atoms with van der Waals surface area (Å²) in [5.74, 6) is -0.380. The van der Waals surface area contributed by atoms with Crippen LogP contribution in [0.3, 0.4) is 0 Å². The molecule has 1 aromatic carbocycles. The highest BCUT2D eigenvalue weighted by Gasteiger charge is 2.10. The maximum absolute atomic E-state index is 11.0. The number of benzene rings is 1. The number of hydrogen-bond acceptors (Lipinski definition) is 6. The van der Waals surface area contributed by atoms with Gasteiger partial charge >= 0.3 is 5.97 Å². The average Bonchev–Trinajstić information content (AvgIpc) is 2.73. The van der Waals surface area contributed by atoms with Crippen molar-refractivity contribution >= 4 is 34.2 Å². The monoisotopic (exact) mass is 267 g/mol. The zero-order valence-corrected chi connectivity index (χ0v) is 10.3. The Morgan fingerprint density at radius 1 is 1.41 bits per heavy atom. The standard InChI is InChI=1S/C10H9N3O2S2/c11-9-12-13-10(17-9)16-5-6-3-1-2-4-7(6)8(14)15/h1-4H,5H2,(H2,11,12)(H,14,15). The first kappa shape index (κ1) is 11.9. The smallest absolute Gasteiger partial charge is 0.335 e. The summed E-state index contributed by atoms with van der Waals surface area (Å²) in [6, 6.07) is 6.91. The van der Waals surface area contributed by atoms with Crippen LogP contribution in [-0.2, 0) is 5.75 Å². The molecule has 5 nitrogen and oxygen atoms in total. The van der Waals surface area contributed by atoms with Gasteiger partial charge in [0.2, 0.25) is 5.13 Å². The lowest BCUT2D eigenvalue weighted by Gasteiger charge is -2.03. The van der Waals surface area contributed by atoms with E-state index in [1.54, 1.807) is 18.2 Å². The van der Waals surface area contributed by atoms with Crippen molar-refractivity contribution in [1.82, 2.24) is 10.2 Å². The van der Waals surface area contributed by atoms with Gasteiger partial charge in [0.05, 0.1) is 5.56 Å². The van der Waals surface area contributed by atoms with E-state index < -0.39 is 5.97 Å². The van der Waals surface area contributed by atoms with Crippen molar-refractivity contribution in [3.63, 3.8) is 0 Å². The molecular formula is C10H9N3O2S2. The Hall–Kier alpha value is -1.60. The minimum atomic E-state index is -0.919. The van der Waals surface area contributed by atoms with Crippen molar-refractivity contribution in [2.45, 2.75) is 10.1 Å². The lowest BCUT2D eigenvalue weighted by atomic mass is 10.1. The van der Waals surface area contributed by atoms with E-state index >= 15 is 0 Å². The molecule has 0 amide bonds. The van der Waals surface area contributed by atoms with Crippen molar-refractivity contribution in [3.8, 4) is 0 Å². The summed E-state index contributed by atoms with van der Waals surface area (Å²) in [5.41, 5.74) is 6.54. The normalized spacial score (nSPS) is 10.4. The van der Waals surface area contributed by atoms with Crippen LogP contribution < -0.4 is 5.73 Å². The Balaban J connectivity index is 2.11. The van der Waals surface area contributed by atoms with Crippen molar-refractivity contribution in [2.75, 3.05) is 5.73 Å². The summed E-state index contributed by atoms with van der Waals surface area (Å²) < 4.78 is 0.739. The first-order valence-electron chi connectivity index (χ1n) is 4.70. The fraction of sp³-hybridized carbons (Fsp3) is 0.100. The summed E-state index contributed by atoms with van der Waals surface area (Å²) in [5, 5.41) is 17.0. The first-order chi connectivity index (χ1) is 8.16. The maximum atomic E-state index is 11.0. The number of aromatic carboxylic acids is 1. The zero-order chi connectivity index (χ0) is 12.3. The molecule has 1 heterocycles. The van der Waals surface area contributed by atoms with Gasteiger partial charge in [-0.1, -0.05) is 41.3 Å². The summed E-state index contributed by atoms with van der Waals surface area (Å²) in [6.07, 6.45) is 0. The molecule has 3 N–H and O–H groups in total. The Kier molecular flexibility index (Phi) is 3.60. The van der Waals surface area contributed by atoms with Gasteiger partial charge in [0, 0.05) is 5.75 Å². The average molecular weight is 267 g/mol. The minimum Gasteiger partial charge on any atom is -0.478 e. The highest BCUT2D eigenvalue weighted by molar-refractivity contribution is 8.00. The molecule has 0 aliphatic rings. The van der Waals surface area contributed by atoms with Gasteiger partial charge in [0.25, 0.3) is 0 Å². The third-order valence-corrected chi connectivity index (χ3v) is 3.96. The van der Waals surface area contributed by atoms with Crippen molar-refractivity contribution < 1.29 is 9.90 Å². The Morgan fingerprint density at radius 2 is 2.18 bits per heavy atom. The molecule has 0 unspecified atom stereocenters. The van der Waals surface area contributed by atoms with Crippen LogP contribution in [0.1, 0.15) is 15.9 Å². The Morgan fingerprint density at radius 3 is 2.82 bits per heavy atom. The number of carbonyl (C=O) groups is 1. The molecule has 0 aliphatic heterocycles. The molecule has 0 aliphatic carbocycles. The molecule has 0 saturated heterocycles. The largest absolute Gasteiger partial charge is 0.478 e. The van der Waals surface area contributed by atoms with Crippen LogP contribution in [-0.4, -0.2) is 21.3 Å². The molecule has 2 aromatic rings. The molecule has 17 heavy (non-hydrogen) atoms. The van der Waals surface area contributed by atoms with Crippen LogP contribution >= 0.6 is 23.1 Å². The van der Waals surface area contributed by atoms with Crippen LogP contribution in [0.2, 0.25) is 0 Å². The van der Waals surface area contributed by atoms with E-state index in [1.165, 1.54) is 23.1 Å². The fourth-order valence-corrected chi connectivity index (χ4v) is 2.91. The van der Waals surface area contributed by atoms with E-state index in [-0.39, 0.29) is 0 Å². The molecule has 88 valence electrons. The molecule has 2 rings (SSSR count). The molecule has 0 saturated carbocycles. The number of carboxylic acid groups (broad SMARTS) is 1. The molecule has 1 aromatic heterocycles. The van der Waals surface area contributed by atoms with Crippen molar-refractivity contribution in [1.29, 1.82) is 0 Å². The van der Waals surface area contributed by atoms with Crippen LogP contribution in [0.4, 0.5) is 5.13 Å². The molecular weight excluding hydrogens is 258 g/mol. The SMILES string of the molecule is Nc1nnc(SCc2ccccc2C(=O)O)s1. The van der Waals surface area contributed by atoms with Crippen LogP contribution in [0.5, 0.6) is 0 Å². The predicted octanol–water partition coefficient (Wildman–Crippen LogP) is 2.11. The molecule has 0 fully saturated rings. The Labute approximate surface area is 106 Å². The molecule has 0 bridgehead atoms. The summed E-state index contributed by atoms with van der Waals surface area (Å²) in [7, 11) is 0. The summed E-state index contributed by atoms with van der Waals surface area (Å²) in [6.45, 7) is 0. The second-order valence-corrected chi connectivity index (χ2v) is 5.39. The van der Waals surface area contributed by atoms with E-state index in [2.05, 4.69) is 10.2 Å². The topological polar surface area (TPSA) is 89.1 Å². The number of rotatable bonds is 4. The Bertz CT molecular complexity index is 542. The fourth-order valence-electron chi connectivity index (χ4n) is 1.27. The zero-order valence-electron chi connectivity index (χ0n) is 8.66. The van der Waals surface area contributed by atoms with Gasteiger partial charge in [0.15, 0.2) is 4.34 Å². The van der Waals surface area contributed by atoms with Gasteiger partial charge in [0.1, 0.15) is 0 Å². The highest BCUT2D eigenvalue weighted by atomic mass is 32.2. The van der Waals surface area contributed by atoms with Crippen LogP contribution in [0.25, 0.3) is 0 Å². The molecule has 0 atom stereocenters.